The number of aliphatic hydroxyl groups excluding tert-OH is 1. The maximum atomic E-state index is 13.5. The summed E-state index contributed by atoms with van der Waals surface area (Å²) in [4.78, 5) is 22.4. The van der Waals surface area contributed by atoms with E-state index in [1.54, 1.807) is 12.4 Å². The van der Waals surface area contributed by atoms with Crippen LogP contribution in [0.2, 0.25) is 0 Å². The van der Waals surface area contributed by atoms with Crippen LogP contribution in [0.1, 0.15) is 37.4 Å². The van der Waals surface area contributed by atoms with Crippen molar-refractivity contribution in [2.45, 2.75) is 43.9 Å². The van der Waals surface area contributed by atoms with Crippen LogP contribution in [0.4, 0.5) is 18.9 Å². The molecule has 30 heavy (non-hydrogen) atoms. The van der Waals surface area contributed by atoms with Crippen LogP contribution < -0.4 is 16.0 Å². The molecule has 2 fully saturated rings. The quantitative estimate of drug-likeness (QED) is 0.542. The average molecular weight is 424 g/mol. The van der Waals surface area contributed by atoms with Crippen LogP contribution >= 0.6 is 0 Å². The Morgan fingerprint density at radius 1 is 1.20 bits per heavy atom. The summed E-state index contributed by atoms with van der Waals surface area (Å²) in [6, 6.07) is 0. The van der Waals surface area contributed by atoms with Crippen LogP contribution in [0.3, 0.4) is 0 Å². The molecule has 0 bridgehead atoms. The molecule has 2 atom stereocenters. The Kier molecular flexibility index (Phi) is 5.16. The zero-order chi connectivity index (χ0) is 21.6. The highest BCUT2D eigenvalue weighted by Crippen LogP contribution is 2.40. The standard InChI is InChI=1S/C19H23F3N6O2/c20-19(21,22)13-12(16(24)27-18(30)15(13)29)14(23)9-3-5-28(6-4-9)11-7-25-17(26-8-11)10-1-2-10/h7-10,13,15,23,29H,1-6,24H2,(H,27,30)/t13-,15-/m1/s1. The molecule has 1 amide bonds. The van der Waals surface area contributed by atoms with Crippen LogP contribution in [-0.4, -0.2) is 52.1 Å². The molecule has 162 valence electrons. The highest BCUT2D eigenvalue weighted by atomic mass is 19.4. The minimum atomic E-state index is -4.90. The molecule has 11 heteroatoms. The Labute approximate surface area is 170 Å². The van der Waals surface area contributed by atoms with E-state index in [9.17, 15) is 23.1 Å². The average Bonchev–Trinajstić information content (AvgIpc) is 3.55. The molecule has 8 nitrogen and oxygen atoms in total. The number of carbonyl (C=O) groups is 1. The second-order valence-corrected chi connectivity index (χ2v) is 8.03. The van der Waals surface area contributed by atoms with Crippen molar-refractivity contribution in [2.24, 2.45) is 17.6 Å². The number of halogens is 3. The fourth-order valence-electron chi connectivity index (χ4n) is 4.10. The highest BCUT2D eigenvalue weighted by Gasteiger charge is 2.53. The first-order valence-corrected chi connectivity index (χ1v) is 9.87. The van der Waals surface area contributed by atoms with E-state index in [4.69, 9.17) is 11.1 Å². The number of hydrogen-bond donors (Lipinski definition) is 4. The van der Waals surface area contributed by atoms with Crippen molar-refractivity contribution in [1.82, 2.24) is 15.3 Å². The number of hydrogen-bond acceptors (Lipinski definition) is 7. The third-order valence-corrected chi connectivity index (χ3v) is 5.96. The number of carbonyl (C=O) groups excluding carboxylic acids is 1. The Hall–Kier alpha value is -2.69. The summed E-state index contributed by atoms with van der Waals surface area (Å²) in [5.74, 6) is -3.39. The van der Waals surface area contributed by atoms with Gasteiger partial charge in [-0.05, 0) is 25.7 Å². The molecule has 1 saturated heterocycles. The van der Waals surface area contributed by atoms with E-state index in [0.29, 0.717) is 31.8 Å². The monoisotopic (exact) mass is 424 g/mol. The lowest BCUT2D eigenvalue weighted by Crippen LogP contribution is -2.54. The smallest absolute Gasteiger partial charge is 0.385 e. The van der Waals surface area contributed by atoms with Crippen molar-refractivity contribution < 1.29 is 23.1 Å². The number of amides is 1. The van der Waals surface area contributed by atoms with Crippen LogP contribution in [0.15, 0.2) is 23.8 Å². The van der Waals surface area contributed by atoms with Gasteiger partial charge in [0.25, 0.3) is 5.91 Å². The summed E-state index contributed by atoms with van der Waals surface area (Å²) < 4.78 is 40.6. The van der Waals surface area contributed by atoms with Crippen molar-refractivity contribution in [2.75, 3.05) is 18.0 Å². The van der Waals surface area contributed by atoms with E-state index in [-0.39, 0.29) is 5.71 Å². The van der Waals surface area contributed by atoms with Crippen molar-refractivity contribution in [1.29, 1.82) is 5.41 Å². The van der Waals surface area contributed by atoms with E-state index in [0.717, 1.165) is 24.4 Å². The summed E-state index contributed by atoms with van der Waals surface area (Å²) in [6.07, 6.45) is -0.595. The molecule has 1 aliphatic carbocycles. The number of aliphatic hydroxyl groups is 1. The van der Waals surface area contributed by atoms with Gasteiger partial charge < -0.3 is 26.5 Å². The molecular formula is C19H23F3N6O2. The maximum absolute atomic E-state index is 13.5. The van der Waals surface area contributed by atoms with Crippen LogP contribution in [0.5, 0.6) is 0 Å². The molecule has 1 saturated carbocycles. The Balaban J connectivity index is 1.46. The Morgan fingerprint density at radius 3 is 2.33 bits per heavy atom. The summed E-state index contributed by atoms with van der Waals surface area (Å²) >= 11 is 0. The normalized spacial score (nSPS) is 26.0. The number of aromatic nitrogens is 2. The van der Waals surface area contributed by atoms with Gasteiger partial charge in [-0.1, -0.05) is 0 Å². The minimum Gasteiger partial charge on any atom is -0.385 e. The van der Waals surface area contributed by atoms with Crippen molar-refractivity contribution in [3.63, 3.8) is 0 Å². The second-order valence-electron chi connectivity index (χ2n) is 8.03. The fraction of sp³-hybridized carbons (Fsp3) is 0.579. The van der Waals surface area contributed by atoms with Gasteiger partial charge in [0.15, 0.2) is 0 Å². The number of nitrogens with two attached hydrogens (primary N) is 1. The van der Waals surface area contributed by atoms with Crippen LogP contribution in [0.25, 0.3) is 0 Å². The molecule has 0 spiro atoms. The van der Waals surface area contributed by atoms with Gasteiger partial charge in [-0.2, -0.15) is 13.2 Å². The maximum Gasteiger partial charge on any atom is 0.398 e. The summed E-state index contributed by atoms with van der Waals surface area (Å²) in [7, 11) is 0. The van der Waals surface area contributed by atoms with Gasteiger partial charge in [-0.15, -0.1) is 0 Å². The largest absolute Gasteiger partial charge is 0.398 e. The molecule has 1 aromatic rings. The third kappa shape index (κ3) is 3.85. The van der Waals surface area contributed by atoms with E-state index in [1.165, 1.54) is 0 Å². The predicted molar refractivity (Wildman–Crippen MR) is 102 cm³/mol. The number of nitrogens with zero attached hydrogens (tertiary/aromatic N) is 3. The molecule has 4 rings (SSSR count). The SMILES string of the molecule is N=C(C1=C(N)NC(=O)[C@H](O)[C@@H]1C(F)(F)F)C1CCN(c2cnc(C3CC3)nc2)CC1. The van der Waals surface area contributed by atoms with E-state index < -0.39 is 41.4 Å². The minimum absolute atomic E-state index is 0.283. The van der Waals surface area contributed by atoms with Gasteiger partial charge in [0.05, 0.1) is 18.1 Å². The van der Waals surface area contributed by atoms with E-state index >= 15 is 0 Å². The lowest BCUT2D eigenvalue weighted by atomic mass is 9.79. The van der Waals surface area contributed by atoms with Gasteiger partial charge in [-0.3, -0.25) is 4.79 Å². The number of alkyl halides is 3. The molecule has 0 unspecified atom stereocenters. The number of rotatable bonds is 4. The highest BCUT2D eigenvalue weighted by molar-refractivity contribution is 6.03. The fourth-order valence-corrected chi connectivity index (χ4v) is 4.10. The topological polar surface area (TPSA) is 128 Å². The lowest BCUT2D eigenvalue weighted by Gasteiger charge is -2.37. The first-order valence-electron chi connectivity index (χ1n) is 9.87. The Morgan fingerprint density at radius 2 is 1.80 bits per heavy atom. The zero-order valence-electron chi connectivity index (χ0n) is 16.1. The molecule has 2 aliphatic heterocycles. The van der Waals surface area contributed by atoms with Gasteiger partial charge >= 0.3 is 6.18 Å². The van der Waals surface area contributed by atoms with Gasteiger partial charge in [0.1, 0.15) is 23.7 Å². The molecule has 3 heterocycles. The Bertz CT molecular complexity index is 873. The molecular weight excluding hydrogens is 401 g/mol. The van der Waals surface area contributed by atoms with Gasteiger partial charge in [0, 0.05) is 36.2 Å². The number of nitrogens with one attached hydrogen (secondary N) is 2. The van der Waals surface area contributed by atoms with Crippen LogP contribution in [0, 0.1) is 17.2 Å². The molecule has 5 N–H and O–H groups in total. The molecule has 0 radical (unpaired) electrons. The van der Waals surface area contributed by atoms with Gasteiger partial charge in [0.2, 0.25) is 0 Å². The lowest BCUT2D eigenvalue weighted by molar-refractivity contribution is -0.192. The summed E-state index contributed by atoms with van der Waals surface area (Å²) in [5.41, 5.74) is 5.68. The number of anilines is 1. The van der Waals surface area contributed by atoms with E-state index in [2.05, 4.69) is 15.3 Å². The van der Waals surface area contributed by atoms with Crippen molar-refractivity contribution in [3.05, 3.63) is 29.6 Å². The summed E-state index contributed by atoms with van der Waals surface area (Å²) in [6.45, 7) is 1.05. The first-order chi connectivity index (χ1) is 14.2. The summed E-state index contributed by atoms with van der Waals surface area (Å²) in [5, 5.41) is 20.3. The van der Waals surface area contributed by atoms with Gasteiger partial charge in [-0.25, -0.2) is 9.97 Å². The zero-order valence-corrected chi connectivity index (χ0v) is 16.1. The molecule has 3 aliphatic rings. The second kappa shape index (κ2) is 7.53. The number of piperidine rings is 1. The molecule has 0 aromatic carbocycles. The molecule has 1 aromatic heterocycles. The predicted octanol–water partition coefficient (Wildman–Crippen LogP) is 1.43. The van der Waals surface area contributed by atoms with E-state index in [1.807, 2.05) is 4.90 Å². The third-order valence-electron chi connectivity index (χ3n) is 5.96. The first kappa shape index (κ1) is 20.6. The van der Waals surface area contributed by atoms with Crippen molar-refractivity contribution >= 4 is 17.3 Å². The van der Waals surface area contributed by atoms with Crippen molar-refractivity contribution in [3.8, 4) is 0 Å². The van der Waals surface area contributed by atoms with Crippen LogP contribution in [-0.2, 0) is 4.79 Å².